The maximum atomic E-state index is 11.7. The average molecular weight is 296 g/mol. The highest BCUT2D eigenvalue weighted by Gasteiger charge is 2.28. The Bertz CT molecular complexity index is 686. The lowest BCUT2D eigenvalue weighted by Crippen LogP contribution is -2.28. The molecule has 3 heterocycles. The molecular formula is C17H20N4O. The molecule has 5 nitrogen and oxygen atoms in total. The highest BCUT2D eigenvalue weighted by atomic mass is 16.2. The van der Waals surface area contributed by atoms with E-state index in [9.17, 15) is 4.79 Å². The Labute approximate surface area is 130 Å². The van der Waals surface area contributed by atoms with E-state index in [-0.39, 0.29) is 11.9 Å². The summed E-state index contributed by atoms with van der Waals surface area (Å²) >= 11 is 0. The first-order valence-electron chi connectivity index (χ1n) is 7.58. The summed E-state index contributed by atoms with van der Waals surface area (Å²) in [6.45, 7) is 4.40. The Morgan fingerprint density at radius 1 is 1.18 bits per heavy atom. The van der Waals surface area contributed by atoms with Gasteiger partial charge in [0, 0.05) is 19.2 Å². The lowest BCUT2D eigenvalue weighted by Gasteiger charge is -2.23. The summed E-state index contributed by atoms with van der Waals surface area (Å²) in [6.07, 6.45) is 2.00. The molecule has 0 radical (unpaired) electrons. The van der Waals surface area contributed by atoms with Crippen LogP contribution in [0.15, 0.2) is 36.4 Å². The fourth-order valence-corrected chi connectivity index (χ4v) is 2.90. The number of nitrogens with zero attached hydrogens (tertiary/aromatic N) is 3. The molecule has 114 valence electrons. The quantitative estimate of drug-likeness (QED) is 0.945. The minimum Gasteiger partial charge on any atom is -0.334 e. The standard InChI is InChI=1S/C17H20N4O/c1-12-6-3-9-16(18-12)20-17-10-4-7-14(19-17)15-8-5-11-21(15)13(2)22/h3-4,6-7,9-10,15H,5,8,11H2,1-2H3,(H,18,19,20). The lowest BCUT2D eigenvalue weighted by atomic mass is 10.1. The van der Waals surface area contributed by atoms with Crippen LogP contribution in [0.5, 0.6) is 0 Å². The first-order valence-corrected chi connectivity index (χ1v) is 7.58. The summed E-state index contributed by atoms with van der Waals surface area (Å²) in [5, 5.41) is 3.23. The fraction of sp³-hybridized carbons (Fsp3) is 0.353. The van der Waals surface area contributed by atoms with Crippen LogP contribution in [0.4, 0.5) is 11.6 Å². The zero-order valence-corrected chi connectivity index (χ0v) is 12.9. The monoisotopic (exact) mass is 296 g/mol. The molecule has 0 spiro atoms. The summed E-state index contributed by atoms with van der Waals surface area (Å²) in [7, 11) is 0. The van der Waals surface area contributed by atoms with E-state index in [1.165, 1.54) is 0 Å². The van der Waals surface area contributed by atoms with Crippen molar-refractivity contribution in [1.29, 1.82) is 0 Å². The number of hydrogen-bond acceptors (Lipinski definition) is 4. The van der Waals surface area contributed by atoms with Gasteiger partial charge in [-0.25, -0.2) is 9.97 Å². The second-order valence-corrected chi connectivity index (χ2v) is 5.61. The Morgan fingerprint density at radius 3 is 2.64 bits per heavy atom. The van der Waals surface area contributed by atoms with Crippen molar-refractivity contribution in [2.45, 2.75) is 32.7 Å². The van der Waals surface area contributed by atoms with Gasteiger partial charge >= 0.3 is 0 Å². The number of rotatable bonds is 3. The third kappa shape index (κ3) is 3.08. The molecule has 1 N–H and O–H groups in total. The van der Waals surface area contributed by atoms with E-state index in [1.807, 2.05) is 48.2 Å². The van der Waals surface area contributed by atoms with Crippen LogP contribution in [-0.2, 0) is 4.79 Å². The number of aromatic nitrogens is 2. The van der Waals surface area contributed by atoms with E-state index in [4.69, 9.17) is 0 Å². The Hall–Kier alpha value is -2.43. The van der Waals surface area contributed by atoms with Gasteiger partial charge in [-0.2, -0.15) is 0 Å². The predicted molar refractivity (Wildman–Crippen MR) is 85.9 cm³/mol. The fourth-order valence-electron chi connectivity index (χ4n) is 2.90. The van der Waals surface area contributed by atoms with Crippen molar-refractivity contribution in [3.63, 3.8) is 0 Å². The van der Waals surface area contributed by atoms with Gasteiger partial charge in [-0.3, -0.25) is 4.79 Å². The van der Waals surface area contributed by atoms with Gasteiger partial charge in [0.15, 0.2) is 0 Å². The minimum atomic E-state index is 0.0877. The number of nitrogens with one attached hydrogen (secondary N) is 1. The van der Waals surface area contributed by atoms with Crippen molar-refractivity contribution in [1.82, 2.24) is 14.9 Å². The van der Waals surface area contributed by atoms with Crippen LogP contribution < -0.4 is 5.32 Å². The number of hydrogen-bond donors (Lipinski definition) is 1. The molecule has 1 aliphatic heterocycles. The molecule has 1 atom stereocenters. The van der Waals surface area contributed by atoms with Gasteiger partial charge in [-0.15, -0.1) is 0 Å². The molecule has 1 aliphatic rings. The normalized spacial score (nSPS) is 17.5. The van der Waals surface area contributed by atoms with Gasteiger partial charge in [0.05, 0.1) is 11.7 Å². The zero-order chi connectivity index (χ0) is 15.5. The summed E-state index contributed by atoms with van der Waals surface area (Å²) in [4.78, 5) is 22.7. The van der Waals surface area contributed by atoms with Crippen LogP contribution in [0, 0.1) is 6.92 Å². The predicted octanol–water partition coefficient (Wildman–Crippen LogP) is 3.21. The van der Waals surface area contributed by atoms with Crippen LogP contribution in [0.3, 0.4) is 0 Å². The maximum absolute atomic E-state index is 11.7. The number of likely N-dealkylation sites (tertiary alicyclic amines) is 1. The first kappa shape index (κ1) is 14.5. The van der Waals surface area contributed by atoms with Gasteiger partial charge in [0.1, 0.15) is 11.6 Å². The molecule has 1 amide bonds. The van der Waals surface area contributed by atoms with E-state index in [1.54, 1.807) is 6.92 Å². The molecular weight excluding hydrogens is 276 g/mol. The van der Waals surface area contributed by atoms with Crippen LogP contribution in [0.2, 0.25) is 0 Å². The smallest absolute Gasteiger partial charge is 0.220 e. The maximum Gasteiger partial charge on any atom is 0.220 e. The third-order valence-corrected chi connectivity index (χ3v) is 3.91. The molecule has 0 bridgehead atoms. The van der Waals surface area contributed by atoms with Gasteiger partial charge in [0.25, 0.3) is 0 Å². The molecule has 3 rings (SSSR count). The Balaban J connectivity index is 1.82. The van der Waals surface area contributed by atoms with Gasteiger partial charge < -0.3 is 10.2 Å². The number of anilines is 2. The van der Waals surface area contributed by atoms with E-state index in [0.717, 1.165) is 42.4 Å². The zero-order valence-electron chi connectivity index (χ0n) is 12.9. The van der Waals surface area contributed by atoms with Crippen LogP contribution in [-0.4, -0.2) is 27.3 Å². The molecule has 0 aromatic carbocycles. The van der Waals surface area contributed by atoms with E-state index in [2.05, 4.69) is 15.3 Å². The number of amides is 1. The molecule has 1 unspecified atom stereocenters. The van der Waals surface area contributed by atoms with Crippen LogP contribution in [0.25, 0.3) is 0 Å². The molecule has 2 aromatic rings. The molecule has 2 aromatic heterocycles. The first-order chi connectivity index (χ1) is 10.6. The summed E-state index contributed by atoms with van der Waals surface area (Å²) < 4.78 is 0. The van der Waals surface area contributed by atoms with Gasteiger partial charge in [0.2, 0.25) is 5.91 Å². The molecule has 22 heavy (non-hydrogen) atoms. The van der Waals surface area contributed by atoms with E-state index in [0.29, 0.717) is 0 Å². The van der Waals surface area contributed by atoms with Gasteiger partial charge in [-0.05, 0) is 44.0 Å². The molecule has 1 saturated heterocycles. The Morgan fingerprint density at radius 2 is 1.91 bits per heavy atom. The molecule has 0 saturated carbocycles. The minimum absolute atomic E-state index is 0.0877. The highest BCUT2D eigenvalue weighted by Crippen LogP contribution is 2.31. The number of aryl methyl sites for hydroxylation is 1. The van der Waals surface area contributed by atoms with Gasteiger partial charge in [-0.1, -0.05) is 12.1 Å². The van der Waals surface area contributed by atoms with E-state index >= 15 is 0 Å². The van der Waals surface area contributed by atoms with Crippen LogP contribution in [0.1, 0.15) is 37.2 Å². The van der Waals surface area contributed by atoms with Crippen molar-refractivity contribution in [2.24, 2.45) is 0 Å². The topological polar surface area (TPSA) is 58.1 Å². The number of pyridine rings is 2. The number of carbonyl (C=O) groups excluding carboxylic acids is 1. The summed E-state index contributed by atoms with van der Waals surface area (Å²) in [5.74, 6) is 1.65. The third-order valence-electron chi connectivity index (χ3n) is 3.91. The highest BCUT2D eigenvalue weighted by molar-refractivity contribution is 5.74. The average Bonchev–Trinajstić information content (AvgIpc) is 2.97. The second-order valence-electron chi connectivity index (χ2n) is 5.61. The van der Waals surface area contributed by atoms with Crippen molar-refractivity contribution < 1.29 is 4.79 Å². The Kier molecular flexibility index (Phi) is 4.04. The molecule has 0 aliphatic carbocycles. The lowest BCUT2D eigenvalue weighted by molar-refractivity contribution is -0.129. The number of carbonyl (C=O) groups is 1. The van der Waals surface area contributed by atoms with Crippen molar-refractivity contribution >= 4 is 17.5 Å². The van der Waals surface area contributed by atoms with Crippen molar-refractivity contribution in [3.8, 4) is 0 Å². The van der Waals surface area contributed by atoms with E-state index < -0.39 is 0 Å². The van der Waals surface area contributed by atoms with Crippen LogP contribution >= 0.6 is 0 Å². The summed E-state index contributed by atoms with van der Waals surface area (Å²) in [6, 6.07) is 11.8. The van der Waals surface area contributed by atoms with Crippen molar-refractivity contribution in [2.75, 3.05) is 11.9 Å². The summed E-state index contributed by atoms with van der Waals surface area (Å²) in [5.41, 5.74) is 1.89. The van der Waals surface area contributed by atoms with Crippen molar-refractivity contribution in [3.05, 3.63) is 47.8 Å². The second kappa shape index (κ2) is 6.13. The SMILES string of the molecule is CC(=O)N1CCCC1c1cccc(Nc2cccc(C)n2)n1. The largest absolute Gasteiger partial charge is 0.334 e. The molecule has 5 heteroatoms. The molecule has 1 fully saturated rings.